The average molecular weight is 383 g/mol. The molecule has 0 aliphatic rings. The first kappa shape index (κ1) is 19.6. The number of sulfonamides is 1. The third-order valence-corrected chi connectivity index (χ3v) is 5.52. The van der Waals surface area contributed by atoms with Gasteiger partial charge in [0.05, 0.1) is 7.11 Å². The van der Waals surface area contributed by atoms with Gasteiger partial charge in [-0.2, -0.15) is 0 Å². The number of anilines is 1. The molecule has 7 heteroatoms. The highest BCUT2D eigenvalue weighted by Gasteiger charge is 2.19. The predicted octanol–water partition coefficient (Wildman–Crippen LogP) is 3.33. The van der Waals surface area contributed by atoms with Gasteiger partial charge in [-0.25, -0.2) is 13.1 Å². The van der Waals surface area contributed by atoms with E-state index in [4.69, 9.17) is 16.3 Å². The molecular weight excluding hydrogens is 360 g/mol. The van der Waals surface area contributed by atoms with E-state index in [1.54, 1.807) is 12.1 Å². The summed E-state index contributed by atoms with van der Waals surface area (Å²) in [6.07, 6.45) is 1.49. The van der Waals surface area contributed by atoms with E-state index in [-0.39, 0.29) is 10.6 Å². The van der Waals surface area contributed by atoms with Gasteiger partial charge in [-0.1, -0.05) is 23.7 Å². The molecule has 2 rings (SSSR count). The Labute approximate surface area is 154 Å². The highest BCUT2D eigenvalue weighted by molar-refractivity contribution is 7.89. The first-order chi connectivity index (χ1) is 11.8. The van der Waals surface area contributed by atoms with Crippen molar-refractivity contribution in [3.05, 3.63) is 53.1 Å². The predicted molar refractivity (Wildman–Crippen MR) is 102 cm³/mol. The van der Waals surface area contributed by atoms with E-state index in [0.717, 1.165) is 12.1 Å². The van der Waals surface area contributed by atoms with Gasteiger partial charge in [-0.3, -0.25) is 0 Å². The van der Waals surface area contributed by atoms with Crippen LogP contribution in [0.5, 0.6) is 5.75 Å². The fourth-order valence-corrected chi connectivity index (χ4v) is 3.90. The number of aryl methyl sites for hydroxylation is 1. The largest absolute Gasteiger partial charge is 0.495 e. The van der Waals surface area contributed by atoms with Gasteiger partial charge in [0.2, 0.25) is 10.0 Å². The summed E-state index contributed by atoms with van der Waals surface area (Å²) in [5.74, 6) is 0.274. The standard InChI is InChI=1S/C18H23ClN2O3S/c1-21(2)16-9-6-14(7-10-16)5-4-12-20-25(22,23)18-13-15(19)8-11-17(18)24-3/h6-11,13,20H,4-5,12H2,1-3H3. The summed E-state index contributed by atoms with van der Waals surface area (Å²) in [5, 5.41) is 0.349. The third kappa shape index (κ3) is 5.36. The van der Waals surface area contributed by atoms with E-state index in [1.165, 1.54) is 18.7 Å². The number of nitrogens with zero attached hydrogens (tertiary/aromatic N) is 1. The van der Waals surface area contributed by atoms with Crippen LogP contribution in [0.2, 0.25) is 5.02 Å². The van der Waals surface area contributed by atoms with Gasteiger partial charge in [0.15, 0.2) is 0 Å². The molecule has 0 aliphatic heterocycles. The van der Waals surface area contributed by atoms with Crippen molar-refractivity contribution in [2.75, 3.05) is 32.6 Å². The molecule has 0 amide bonds. The zero-order valence-electron chi connectivity index (χ0n) is 14.6. The van der Waals surface area contributed by atoms with Gasteiger partial charge in [-0.15, -0.1) is 0 Å². The zero-order valence-corrected chi connectivity index (χ0v) is 16.2. The number of hydrogen-bond acceptors (Lipinski definition) is 4. The van der Waals surface area contributed by atoms with Crippen molar-refractivity contribution < 1.29 is 13.2 Å². The molecule has 136 valence electrons. The molecule has 0 aliphatic carbocycles. The van der Waals surface area contributed by atoms with Gasteiger partial charge >= 0.3 is 0 Å². The zero-order chi connectivity index (χ0) is 18.4. The Kier molecular flexibility index (Phi) is 6.70. The number of methoxy groups -OCH3 is 1. The van der Waals surface area contributed by atoms with Crippen LogP contribution in [-0.4, -0.2) is 36.2 Å². The molecule has 0 aromatic heterocycles. The van der Waals surface area contributed by atoms with Crippen molar-refractivity contribution in [1.82, 2.24) is 4.72 Å². The molecule has 0 spiro atoms. The number of nitrogens with one attached hydrogen (secondary N) is 1. The summed E-state index contributed by atoms with van der Waals surface area (Å²) in [4.78, 5) is 2.09. The number of benzene rings is 2. The Morgan fingerprint density at radius 3 is 2.40 bits per heavy atom. The minimum Gasteiger partial charge on any atom is -0.495 e. The van der Waals surface area contributed by atoms with E-state index < -0.39 is 10.0 Å². The topological polar surface area (TPSA) is 58.6 Å². The fraction of sp³-hybridized carbons (Fsp3) is 0.333. The van der Waals surface area contributed by atoms with Gasteiger partial charge in [0.1, 0.15) is 10.6 Å². The Bertz CT molecular complexity index is 806. The lowest BCUT2D eigenvalue weighted by Gasteiger charge is -2.13. The molecule has 1 N–H and O–H groups in total. The summed E-state index contributed by atoms with van der Waals surface area (Å²) in [6.45, 7) is 0.341. The summed E-state index contributed by atoms with van der Waals surface area (Å²) in [6, 6.07) is 12.8. The van der Waals surface area contributed by atoms with Crippen molar-refractivity contribution >= 4 is 27.3 Å². The summed E-state index contributed by atoms with van der Waals surface area (Å²) in [5.41, 5.74) is 2.31. The van der Waals surface area contributed by atoms with Crippen molar-refractivity contribution in [2.24, 2.45) is 0 Å². The van der Waals surface area contributed by atoms with Crippen LogP contribution in [0.3, 0.4) is 0 Å². The van der Waals surface area contributed by atoms with Crippen molar-refractivity contribution in [1.29, 1.82) is 0 Å². The second-order valence-electron chi connectivity index (χ2n) is 5.86. The molecule has 0 atom stereocenters. The molecule has 0 bridgehead atoms. The maximum absolute atomic E-state index is 12.4. The Balaban J connectivity index is 1.93. The third-order valence-electron chi connectivity index (χ3n) is 3.80. The lowest BCUT2D eigenvalue weighted by atomic mass is 10.1. The summed E-state index contributed by atoms with van der Waals surface area (Å²) in [7, 11) is 1.75. The molecule has 0 saturated heterocycles. The molecular formula is C18H23ClN2O3S. The molecule has 0 fully saturated rings. The van der Waals surface area contributed by atoms with E-state index in [2.05, 4.69) is 29.0 Å². The van der Waals surface area contributed by atoms with E-state index in [9.17, 15) is 8.42 Å². The van der Waals surface area contributed by atoms with Crippen LogP contribution in [-0.2, 0) is 16.4 Å². The lowest BCUT2D eigenvalue weighted by Crippen LogP contribution is -2.25. The minimum atomic E-state index is -3.66. The minimum absolute atomic E-state index is 0.0536. The molecule has 25 heavy (non-hydrogen) atoms. The van der Waals surface area contributed by atoms with Crippen molar-refractivity contribution in [3.63, 3.8) is 0 Å². The van der Waals surface area contributed by atoms with Gasteiger partial charge in [0.25, 0.3) is 0 Å². The number of ether oxygens (including phenoxy) is 1. The van der Waals surface area contributed by atoms with Gasteiger partial charge in [-0.05, 0) is 48.7 Å². The molecule has 0 unspecified atom stereocenters. The van der Waals surface area contributed by atoms with Gasteiger partial charge in [0, 0.05) is 31.4 Å². The smallest absolute Gasteiger partial charge is 0.244 e. The summed E-state index contributed by atoms with van der Waals surface area (Å²) >= 11 is 5.90. The molecule has 5 nitrogen and oxygen atoms in total. The Morgan fingerprint density at radius 2 is 1.80 bits per heavy atom. The van der Waals surface area contributed by atoms with E-state index >= 15 is 0 Å². The van der Waals surface area contributed by atoms with Crippen LogP contribution in [0.15, 0.2) is 47.4 Å². The van der Waals surface area contributed by atoms with Crippen molar-refractivity contribution in [2.45, 2.75) is 17.7 Å². The number of rotatable bonds is 8. The van der Waals surface area contributed by atoms with Crippen LogP contribution >= 0.6 is 11.6 Å². The van der Waals surface area contributed by atoms with Crippen LogP contribution in [0.1, 0.15) is 12.0 Å². The highest BCUT2D eigenvalue weighted by Crippen LogP contribution is 2.26. The van der Waals surface area contributed by atoms with E-state index in [1.807, 2.05) is 19.0 Å². The fourth-order valence-electron chi connectivity index (χ4n) is 2.40. The summed E-state index contributed by atoms with van der Waals surface area (Å²) < 4.78 is 32.6. The first-order valence-electron chi connectivity index (χ1n) is 7.93. The first-order valence-corrected chi connectivity index (χ1v) is 9.79. The molecule has 2 aromatic rings. The highest BCUT2D eigenvalue weighted by atomic mass is 35.5. The van der Waals surface area contributed by atoms with Crippen LogP contribution in [0, 0.1) is 0 Å². The quantitative estimate of drug-likeness (QED) is 0.711. The molecule has 2 aromatic carbocycles. The maximum atomic E-state index is 12.4. The van der Waals surface area contributed by atoms with Crippen LogP contribution < -0.4 is 14.4 Å². The van der Waals surface area contributed by atoms with E-state index in [0.29, 0.717) is 18.0 Å². The maximum Gasteiger partial charge on any atom is 0.244 e. The lowest BCUT2D eigenvalue weighted by molar-refractivity contribution is 0.402. The molecule has 0 heterocycles. The SMILES string of the molecule is COc1ccc(Cl)cc1S(=O)(=O)NCCCc1ccc(N(C)C)cc1. The number of hydrogen-bond donors (Lipinski definition) is 1. The van der Waals surface area contributed by atoms with Crippen molar-refractivity contribution in [3.8, 4) is 5.75 Å². The van der Waals surface area contributed by atoms with Crippen LogP contribution in [0.4, 0.5) is 5.69 Å². The normalized spacial score (nSPS) is 11.4. The second-order valence-corrected chi connectivity index (χ2v) is 8.03. The monoisotopic (exact) mass is 382 g/mol. The van der Waals surface area contributed by atoms with Crippen LogP contribution in [0.25, 0.3) is 0 Å². The molecule has 0 radical (unpaired) electrons. The average Bonchev–Trinajstić information content (AvgIpc) is 2.59. The molecule has 0 saturated carbocycles. The second kappa shape index (κ2) is 8.56. The Hall–Kier alpha value is -1.76. The number of halogens is 1. The Morgan fingerprint density at radius 1 is 1.12 bits per heavy atom. The van der Waals surface area contributed by atoms with Gasteiger partial charge < -0.3 is 9.64 Å².